The molecule has 3 atom stereocenters. The Kier molecular flexibility index (Phi) is 5.90. The Labute approximate surface area is 102 Å². The van der Waals surface area contributed by atoms with Crippen LogP contribution < -0.4 is 5.32 Å². The second-order valence-corrected chi connectivity index (χ2v) is 3.82. The summed E-state index contributed by atoms with van der Waals surface area (Å²) in [6.07, 6.45) is 3.48. The number of aliphatic hydroxyl groups excluding tert-OH is 2. The maximum atomic E-state index is 9.71. The minimum absolute atomic E-state index is 0.409. The zero-order valence-electron chi connectivity index (χ0n) is 10.0. The number of ether oxygens (including phenoxy) is 1. The van der Waals surface area contributed by atoms with Crippen LogP contribution in [0.25, 0.3) is 0 Å². The van der Waals surface area contributed by atoms with Crippen molar-refractivity contribution < 1.29 is 14.9 Å². The van der Waals surface area contributed by atoms with Crippen molar-refractivity contribution >= 4 is 6.21 Å². The molecule has 0 saturated carbocycles. The molecule has 0 aliphatic carbocycles. The Hall–Kier alpha value is -1.17. The van der Waals surface area contributed by atoms with Gasteiger partial charge in [-0.25, -0.2) is 4.99 Å². The van der Waals surface area contributed by atoms with E-state index in [2.05, 4.69) is 16.9 Å². The van der Waals surface area contributed by atoms with Crippen molar-refractivity contribution in [1.82, 2.24) is 5.32 Å². The topological polar surface area (TPSA) is 74.1 Å². The fraction of sp³-hybridized carbons (Fsp3) is 0.583. The number of hydrogen-bond donors (Lipinski definition) is 3. The minimum atomic E-state index is -0.849. The van der Waals surface area contributed by atoms with Crippen LogP contribution in [0.4, 0.5) is 0 Å². The van der Waals surface area contributed by atoms with Crippen LogP contribution in [-0.2, 0) is 4.74 Å². The first-order chi connectivity index (χ1) is 8.19. The average molecular weight is 240 g/mol. The Morgan fingerprint density at radius 3 is 3.00 bits per heavy atom. The lowest BCUT2D eigenvalue weighted by atomic mass is 10.0. The van der Waals surface area contributed by atoms with E-state index >= 15 is 0 Å². The van der Waals surface area contributed by atoms with Crippen LogP contribution in [0, 0.1) is 0 Å². The van der Waals surface area contributed by atoms with Gasteiger partial charge in [-0.1, -0.05) is 12.7 Å². The normalized spacial score (nSPS) is 30.5. The summed E-state index contributed by atoms with van der Waals surface area (Å²) in [5.74, 6) is 0.681. The van der Waals surface area contributed by atoms with Crippen molar-refractivity contribution in [3.8, 4) is 0 Å². The molecule has 0 aromatic heterocycles. The van der Waals surface area contributed by atoms with Gasteiger partial charge in [0.05, 0.1) is 6.10 Å². The van der Waals surface area contributed by atoms with Gasteiger partial charge in [0, 0.05) is 19.4 Å². The zero-order chi connectivity index (χ0) is 12.7. The molecule has 1 aliphatic rings. The smallest absolute Gasteiger partial charge is 0.121 e. The molecule has 96 valence electrons. The van der Waals surface area contributed by atoms with Gasteiger partial charge in [0.15, 0.2) is 0 Å². The second kappa shape index (κ2) is 7.21. The van der Waals surface area contributed by atoms with E-state index in [9.17, 15) is 10.2 Å². The van der Waals surface area contributed by atoms with Crippen LogP contribution in [0.1, 0.15) is 13.3 Å². The first-order valence-corrected chi connectivity index (χ1v) is 5.72. The van der Waals surface area contributed by atoms with Gasteiger partial charge in [0.25, 0.3) is 0 Å². The molecule has 0 aromatic carbocycles. The summed E-state index contributed by atoms with van der Waals surface area (Å²) in [5, 5.41) is 22.3. The molecule has 0 bridgehead atoms. The highest BCUT2D eigenvalue weighted by atomic mass is 16.5. The second-order valence-electron chi connectivity index (χ2n) is 3.82. The van der Waals surface area contributed by atoms with Crippen LogP contribution in [0.2, 0.25) is 0 Å². The van der Waals surface area contributed by atoms with Crippen molar-refractivity contribution in [2.45, 2.75) is 31.7 Å². The molecular weight excluding hydrogens is 220 g/mol. The van der Waals surface area contributed by atoms with Gasteiger partial charge < -0.3 is 20.3 Å². The summed E-state index contributed by atoms with van der Waals surface area (Å²) in [6.45, 7) is 6.27. The Morgan fingerprint density at radius 2 is 2.35 bits per heavy atom. The summed E-state index contributed by atoms with van der Waals surface area (Å²) in [5.41, 5.74) is 0. The van der Waals surface area contributed by atoms with Crippen LogP contribution in [-0.4, -0.2) is 47.9 Å². The van der Waals surface area contributed by atoms with Crippen molar-refractivity contribution in [1.29, 1.82) is 0 Å². The van der Waals surface area contributed by atoms with Crippen LogP contribution in [0.5, 0.6) is 0 Å². The molecule has 0 aromatic rings. The standard InChI is InChI=1S/C12H20N2O3/c1-3-6-13-11(4-2)14-8-10-12(16)9(15)5-7-17-10/h3-4,6,9-10,12,14-16H,1,5,7-8H2,2H3/b11-4+,13-6-/t9-,10-,12-/m1/s1. The first-order valence-electron chi connectivity index (χ1n) is 5.72. The van der Waals surface area contributed by atoms with Gasteiger partial charge in [0.2, 0.25) is 0 Å². The zero-order valence-corrected chi connectivity index (χ0v) is 10.0. The highest BCUT2D eigenvalue weighted by molar-refractivity contribution is 5.71. The summed E-state index contributed by atoms with van der Waals surface area (Å²) >= 11 is 0. The maximum Gasteiger partial charge on any atom is 0.121 e. The summed E-state index contributed by atoms with van der Waals surface area (Å²) < 4.78 is 5.39. The van der Waals surface area contributed by atoms with E-state index < -0.39 is 18.3 Å². The van der Waals surface area contributed by atoms with E-state index in [-0.39, 0.29) is 0 Å². The van der Waals surface area contributed by atoms with Crippen molar-refractivity contribution in [2.24, 2.45) is 4.99 Å². The number of aliphatic hydroxyl groups is 2. The molecule has 0 spiro atoms. The highest BCUT2D eigenvalue weighted by Gasteiger charge is 2.31. The first kappa shape index (κ1) is 13.9. The third-order valence-corrected chi connectivity index (χ3v) is 2.60. The fourth-order valence-electron chi connectivity index (χ4n) is 1.60. The maximum absolute atomic E-state index is 9.71. The molecule has 1 aliphatic heterocycles. The van der Waals surface area contributed by atoms with Gasteiger partial charge in [0.1, 0.15) is 18.0 Å². The Balaban J connectivity index is 2.43. The highest BCUT2D eigenvalue weighted by Crippen LogP contribution is 2.14. The molecule has 0 radical (unpaired) electrons. The number of allylic oxidation sites excluding steroid dienone is 2. The van der Waals surface area contributed by atoms with Gasteiger partial charge >= 0.3 is 0 Å². The summed E-state index contributed by atoms with van der Waals surface area (Å²) in [6, 6.07) is 0. The van der Waals surface area contributed by atoms with E-state index in [1.54, 1.807) is 12.3 Å². The average Bonchev–Trinajstić information content (AvgIpc) is 2.34. The quantitative estimate of drug-likeness (QED) is 0.600. The van der Waals surface area contributed by atoms with E-state index in [0.29, 0.717) is 25.4 Å². The molecule has 1 heterocycles. The van der Waals surface area contributed by atoms with Crippen LogP contribution in [0.15, 0.2) is 29.5 Å². The van der Waals surface area contributed by atoms with Gasteiger partial charge in [-0.3, -0.25) is 0 Å². The molecule has 5 heteroatoms. The molecule has 5 nitrogen and oxygen atoms in total. The SMILES string of the molecule is C=C/C=N\C(=C/C)NC[C@H]1OCC[C@@H](O)[C@H]1O. The van der Waals surface area contributed by atoms with Crippen molar-refractivity contribution in [2.75, 3.05) is 13.2 Å². The number of rotatable bonds is 5. The molecule has 17 heavy (non-hydrogen) atoms. The molecule has 0 unspecified atom stereocenters. The molecule has 1 fully saturated rings. The third kappa shape index (κ3) is 4.30. The third-order valence-electron chi connectivity index (χ3n) is 2.60. The van der Waals surface area contributed by atoms with E-state index in [4.69, 9.17) is 4.74 Å². The summed E-state index contributed by atoms with van der Waals surface area (Å²) in [7, 11) is 0. The Morgan fingerprint density at radius 1 is 1.59 bits per heavy atom. The number of hydrogen-bond acceptors (Lipinski definition) is 5. The fourth-order valence-corrected chi connectivity index (χ4v) is 1.60. The van der Waals surface area contributed by atoms with Crippen LogP contribution >= 0.6 is 0 Å². The molecule has 0 amide bonds. The van der Waals surface area contributed by atoms with Crippen molar-refractivity contribution in [3.05, 3.63) is 24.6 Å². The molecule has 3 N–H and O–H groups in total. The number of aliphatic imine (C=N–C) groups is 1. The van der Waals surface area contributed by atoms with E-state index in [0.717, 1.165) is 0 Å². The number of nitrogens with zero attached hydrogens (tertiary/aromatic N) is 1. The predicted molar refractivity (Wildman–Crippen MR) is 66.8 cm³/mol. The molecule has 1 saturated heterocycles. The lowest BCUT2D eigenvalue weighted by molar-refractivity contribution is -0.132. The number of nitrogens with one attached hydrogen (secondary N) is 1. The lowest BCUT2D eigenvalue weighted by Crippen LogP contribution is -2.48. The van der Waals surface area contributed by atoms with E-state index in [1.165, 1.54) is 0 Å². The largest absolute Gasteiger partial charge is 0.390 e. The predicted octanol–water partition coefficient (Wildman–Crippen LogP) is 0.205. The van der Waals surface area contributed by atoms with Crippen molar-refractivity contribution in [3.63, 3.8) is 0 Å². The molecular formula is C12H20N2O3. The lowest BCUT2D eigenvalue weighted by Gasteiger charge is -2.32. The van der Waals surface area contributed by atoms with Gasteiger partial charge in [-0.05, 0) is 19.4 Å². The van der Waals surface area contributed by atoms with Crippen LogP contribution in [0.3, 0.4) is 0 Å². The summed E-state index contributed by atoms with van der Waals surface area (Å²) in [4.78, 5) is 4.10. The Bertz CT molecular complexity index is 302. The monoisotopic (exact) mass is 240 g/mol. The van der Waals surface area contributed by atoms with Gasteiger partial charge in [-0.15, -0.1) is 0 Å². The van der Waals surface area contributed by atoms with E-state index in [1.807, 2.05) is 13.0 Å². The minimum Gasteiger partial charge on any atom is -0.390 e. The molecule has 1 rings (SSSR count). The van der Waals surface area contributed by atoms with Gasteiger partial charge in [-0.2, -0.15) is 0 Å².